The highest BCUT2D eigenvalue weighted by atomic mass is 35.5. The molecule has 0 amide bonds. The van der Waals surface area contributed by atoms with Crippen molar-refractivity contribution in [3.8, 4) is 0 Å². The van der Waals surface area contributed by atoms with Gasteiger partial charge in [0.25, 0.3) is 0 Å². The Balaban J connectivity index is 0.00000144. The van der Waals surface area contributed by atoms with Crippen LogP contribution in [0.3, 0.4) is 0 Å². The molecule has 17 heavy (non-hydrogen) atoms. The van der Waals surface area contributed by atoms with Crippen molar-refractivity contribution in [1.82, 2.24) is 15.1 Å². The molecule has 0 aromatic carbocycles. The second-order valence-electron chi connectivity index (χ2n) is 4.81. The molecule has 2 rings (SSSR count). The van der Waals surface area contributed by atoms with Gasteiger partial charge in [-0.05, 0) is 50.8 Å². The number of hydrogen-bond donors (Lipinski definition) is 1. The number of H-pyrrole nitrogens is 1. The van der Waals surface area contributed by atoms with Gasteiger partial charge >= 0.3 is 0 Å². The summed E-state index contributed by atoms with van der Waals surface area (Å²) in [6, 6.07) is 0.741. The quantitative estimate of drug-likeness (QED) is 0.880. The van der Waals surface area contributed by atoms with Gasteiger partial charge in [0, 0.05) is 11.7 Å². The number of halogens is 1. The van der Waals surface area contributed by atoms with Crippen molar-refractivity contribution in [2.45, 2.75) is 52.0 Å². The summed E-state index contributed by atoms with van der Waals surface area (Å²) < 4.78 is 0. The lowest BCUT2D eigenvalue weighted by Crippen LogP contribution is -2.40. The molecule has 0 radical (unpaired) electrons. The number of rotatable bonds is 5. The molecule has 0 saturated carbocycles. The molecule has 1 N–H and O–H groups in total. The van der Waals surface area contributed by atoms with Gasteiger partial charge in [0.05, 0.1) is 6.20 Å². The van der Waals surface area contributed by atoms with E-state index in [0.717, 1.165) is 6.04 Å². The minimum atomic E-state index is 0. The lowest BCUT2D eigenvalue weighted by molar-refractivity contribution is 0.179. The van der Waals surface area contributed by atoms with E-state index >= 15 is 0 Å². The van der Waals surface area contributed by atoms with Gasteiger partial charge in [0.2, 0.25) is 0 Å². The summed E-state index contributed by atoms with van der Waals surface area (Å²) in [5.41, 5.74) is 2.80. The summed E-state index contributed by atoms with van der Waals surface area (Å²) in [5.74, 6) is 0. The van der Waals surface area contributed by atoms with E-state index in [1.54, 1.807) is 0 Å². The molecule has 0 aliphatic heterocycles. The number of aryl methyl sites for hydroxylation is 1. The largest absolute Gasteiger partial charge is 0.300 e. The first kappa shape index (κ1) is 14.5. The van der Waals surface area contributed by atoms with Crippen LogP contribution in [0.1, 0.15) is 44.4 Å². The van der Waals surface area contributed by atoms with Crippen molar-refractivity contribution >= 4 is 12.4 Å². The molecule has 0 spiro atoms. The van der Waals surface area contributed by atoms with Gasteiger partial charge in [0.15, 0.2) is 0 Å². The lowest BCUT2D eigenvalue weighted by atomic mass is 9.92. The fraction of sp³-hybridized carbons (Fsp3) is 0.769. The fourth-order valence-corrected chi connectivity index (χ4v) is 2.76. The topological polar surface area (TPSA) is 31.9 Å². The van der Waals surface area contributed by atoms with Crippen LogP contribution < -0.4 is 0 Å². The molecule has 1 aliphatic rings. The zero-order valence-corrected chi connectivity index (χ0v) is 11.7. The minimum absolute atomic E-state index is 0. The molecule has 0 saturated heterocycles. The van der Waals surface area contributed by atoms with E-state index in [4.69, 9.17) is 0 Å². The highest BCUT2D eigenvalue weighted by Gasteiger charge is 2.24. The standard InChI is InChI=1S/C13H23N3.ClH/c1-3-7-16(8-4-2)12-5-6-13-11(9-12)10-14-15-13;/h10,12H,3-9H2,1-2H3,(H,14,15);1H. The second-order valence-corrected chi connectivity index (χ2v) is 4.81. The zero-order chi connectivity index (χ0) is 11.4. The first-order chi connectivity index (χ1) is 7.85. The third kappa shape index (κ3) is 3.46. The molecule has 1 aliphatic carbocycles. The monoisotopic (exact) mass is 257 g/mol. The first-order valence-corrected chi connectivity index (χ1v) is 6.60. The maximum absolute atomic E-state index is 4.15. The van der Waals surface area contributed by atoms with Crippen LogP contribution in [0.15, 0.2) is 6.20 Å². The van der Waals surface area contributed by atoms with Crippen LogP contribution in [0.5, 0.6) is 0 Å². The Bertz CT molecular complexity index is 318. The average molecular weight is 258 g/mol. The van der Waals surface area contributed by atoms with Crippen LogP contribution in [0.25, 0.3) is 0 Å². The molecule has 4 heteroatoms. The Morgan fingerprint density at radius 1 is 1.35 bits per heavy atom. The van der Waals surface area contributed by atoms with Crippen molar-refractivity contribution in [3.63, 3.8) is 0 Å². The predicted molar refractivity (Wildman–Crippen MR) is 73.8 cm³/mol. The molecule has 0 fully saturated rings. The van der Waals surface area contributed by atoms with Crippen molar-refractivity contribution in [1.29, 1.82) is 0 Å². The molecule has 0 bridgehead atoms. The van der Waals surface area contributed by atoms with Crippen LogP contribution in [-0.2, 0) is 12.8 Å². The number of fused-ring (bicyclic) bond motifs is 1. The molecule has 1 heterocycles. The van der Waals surface area contributed by atoms with E-state index in [2.05, 4.69) is 28.9 Å². The molecule has 98 valence electrons. The number of nitrogens with one attached hydrogen (secondary N) is 1. The maximum Gasteiger partial charge on any atom is 0.0522 e. The van der Waals surface area contributed by atoms with Gasteiger partial charge in [-0.15, -0.1) is 12.4 Å². The van der Waals surface area contributed by atoms with Gasteiger partial charge < -0.3 is 4.90 Å². The SMILES string of the molecule is CCCN(CCC)C1CCc2[nH]ncc2C1.Cl. The third-order valence-electron chi connectivity index (χ3n) is 3.53. The van der Waals surface area contributed by atoms with E-state index < -0.39 is 0 Å². The fourth-order valence-electron chi connectivity index (χ4n) is 2.76. The number of aromatic nitrogens is 2. The lowest BCUT2D eigenvalue weighted by Gasteiger charge is -2.33. The normalized spacial score (nSPS) is 18.9. The van der Waals surface area contributed by atoms with E-state index in [9.17, 15) is 0 Å². The summed E-state index contributed by atoms with van der Waals surface area (Å²) >= 11 is 0. The van der Waals surface area contributed by atoms with E-state index in [1.807, 2.05) is 6.20 Å². The first-order valence-electron chi connectivity index (χ1n) is 6.60. The Morgan fingerprint density at radius 2 is 2.06 bits per heavy atom. The van der Waals surface area contributed by atoms with Gasteiger partial charge in [0.1, 0.15) is 0 Å². The highest BCUT2D eigenvalue weighted by molar-refractivity contribution is 5.85. The number of hydrogen-bond acceptors (Lipinski definition) is 2. The van der Waals surface area contributed by atoms with Crippen LogP contribution in [0.2, 0.25) is 0 Å². The smallest absolute Gasteiger partial charge is 0.0522 e. The van der Waals surface area contributed by atoms with Crippen LogP contribution in [-0.4, -0.2) is 34.2 Å². The number of aromatic amines is 1. The van der Waals surface area contributed by atoms with Gasteiger partial charge in [-0.1, -0.05) is 13.8 Å². The molecular weight excluding hydrogens is 234 g/mol. The summed E-state index contributed by atoms with van der Waals surface area (Å²) in [5, 5.41) is 7.26. The Hall–Kier alpha value is -0.540. The van der Waals surface area contributed by atoms with Crippen LogP contribution in [0.4, 0.5) is 0 Å². The molecule has 1 aromatic heterocycles. The number of nitrogens with zero attached hydrogens (tertiary/aromatic N) is 2. The molecule has 3 nitrogen and oxygen atoms in total. The van der Waals surface area contributed by atoms with E-state index in [1.165, 1.54) is 56.5 Å². The zero-order valence-electron chi connectivity index (χ0n) is 10.9. The summed E-state index contributed by atoms with van der Waals surface area (Å²) in [7, 11) is 0. The molecule has 1 atom stereocenters. The van der Waals surface area contributed by atoms with Gasteiger partial charge in [-0.25, -0.2) is 0 Å². The Labute approximate surface area is 110 Å². The summed E-state index contributed by atoms with van der Waals surface area (Å²) in [6.45, 7) is 7.03. The summed E-state index contributed by atoms with van der Waals surface area (Å²) in [6.07, 6.45) is 8.17. The molecule has 1 unspecified atom stereocenters. The summed E-state index contributed by atoms with van der Waals surface area (Å²) in [4.78, 5) is 2.66. The van der Waals surface area contributed by atoms with Crippen molar-refractivity contribution < 1.29 is 0 Å². The van der Waals surface area contributed by atoms with Crippen molar-refractivity contribution in [3.05, 3.63) is 17.5 Å². The highest BCUT2D eigenvalue weighted by Crippen LogP contribution is 2.23. The predicted octanol–water partition coefficient (Wildman–Crippen LogP) is 2.81. The molecule has 1 aromatic rings. The van der Waals surface area contributed by atoms with Crippen molar-refractivity contribution in [2.75, 3.05) is 13.1 Å². The Morgan fingerprint density at radius 3 is 2.71 bits per heavy atom. The Kier molecular flexibility index (Phi) is 6.00. The van der Waals surface area contributed by atoms with Crippen molar-refractivity contribution in [2.24, 2.45) is 0 Å². The van der Waals surface area contributed by atoms with Crippen LogP contribution in [0, 0.1) is 0 Å². The van der Waals surface area contributed by atoms with Crippen LogP contribution >= 0.6 is 12.4 Å². The van der Waals surface area contributed by atoms with Gasteiger partial charge in [-0.2, -0.15) is 5.10 Å². The minimum Gasteiger partial charge on any atom is -0.300 e. The van der Waals surface area contributed by atoms with E-state index in [-0.39, 0.29) is 12.4 Å². The second kappa shape index (κ2) is 7.02. The van der Waals surface area contributed by atoms with E-state index in [0.29, 0.717) is 0 Å². The maximum atomic E-state index is 4.15. The van der Waals surface area contributed by atoms with Gasteiger partial charge in [-0.3, -0.25) is 5.10 Å². The third-order valence-corrected chi connectivity index (χ3v) is 3.53. The average Bonchev–Trinajstić information content (AvgIpc) is 2.75. The molecular formula is C13H24ClN3.